The van der Waals surface area contributed by atoms with Crippen molar-refractivity contribution in [1.29, 1.82) is 0 Å². The zero-order valence-electron chi connectivity index (χ0n) is 12.2. The molecule has 0 aliphatic carbocycles. The maximum Gasteiger partial charge on any atom is 0.203 e. The average Bonchev–Trinajstić information content (AvgIpc) is 2.99. The van der Waals surface area contributed by atoms with Gasteiger partial charge < -0.3 is 9.88 Å². The molecule has 2 aliphatic rings. The summed E-state index contributed by atoms with van der Waals surface area (Å²) in [7, 11) is 0. The number of piperidine rings is 1. The van der Waals surface area contributed by atoms with Crippen LogP contribution in [0.2, 0.25) is 0 Å². The lowest BCUT2D eigenvalue weighted by atomic mass is 9.99. The van der Waals surface area contributed by atoms with Crippen LogP contribution < -0.4 is 5.32 Å². The van der Waals surface area contributed by atoms with Crippen LogP contribution in [0.3, 0.4) is 0 Å². The molecule has 1 aromatic heterocycles. The fourth-order valence-electron chi connectivity index (χ4n) is 3.68. The van der Waals surface area contributed by atoms with Crippen molar-refractivity contribution in [3.05, 3.63) is 11.9 Å². The van der Waals surface area contributed by atoms with E-state index in [2.05, 4.69) is 39.8 Å². The number of nitrogens with one attached hydrogen (secondary N) is 1. The minimum atomic E-state index is 0.626. The highest BCUT2D eigenvalue weighted by molar-refractivity contribution is 5.30. The third kappa shape index (κ3) is 2.50. The highest BCUT2D eigenvalue weighted by atomic mass is 15.3. The van der Waals surface area contributed by atoms with Gasteiger partial charge >= 0.3 is 0 Å². The van der Waals surface area contributed by atoms with Gasteiger partial charge in [0.05, 0.1) is 11.7 Å². The number of hydrogen-bond acceptors (Lipinski definition) is 3. The highest BCUT2D eigenvalue weighted by Gasteiger charge is 2.37. The van der Waals surface area contributed by atoms with E-state index in [-0.39, 0.29) is 0 Å². The molecule has 106 valence electrons. The lowest BCUT2D eigenvalue weighted by Crippen LogP contribution is -2.37. The molecule has 19 heavy (non-hydrogen) atoms. The number of aromatic nitrogens is 2. The first kappa shape index (κ1) is 13.0. The van der Waals surface area contributed by atoms with Gasteiger partial charge in [0.25, 0.3) is 0 Å². The van der Waals surface area contributed by atoms with Crippen molar-refractivity contribution in [2.24, 2.45) is 0 Å². The lowest BCUT2D eigenvalue weighted by Gasteiger charge is -2.33. The number of nitrogens with zero attached hydrogens (tertiary/aromatic N) is 3. The average molecular weight is 262 g/mol. The summed E-state index contributed by atoms with van der Waals surface area (Å²) >= 11 is 0. The first-order valence-electron chi connectivity index (χ1n) is 7.83. The maximum absolute atomic E-state index is 4.66. The molecule has 2 atom stereocenters. The predicted octanol–water partition coefficient (Wildman–Crippen LogP) is 2.81. The van der Waals surface area contributed by atoms with Crippen LogP contribution in [0.4, 0.5) is 5.95 Å². The zero-order chi connectivity index (χ0) is 13.2. The first-order chi connectivity index (χ1) is 9.29. The van der Waals surface area contributed by atoms with Crippen molar-refractivity contribution >= 4 is 5.95 Å². The summed E-state index contributed by atoms with van der Waals surface area (Å²) in [4.78, 5) is 7.35. The van der Waals surface area contributed by atoms with Gasteiger partial charge in [-0.1, -0.05) is 13.3 Å². The van der Waals surface area contributed by atoms with Crippen molar-refractivity contribution in [1.82, 2.24) is 14.5 Å². The summed E-state index contributed by atoms with van der Waals surface area (Å²) in [6, 6.07) is 1.37. The minimum absolute atomic E-state index is 0.626. The van der Waals surface area contributed by atoms with E-state index < -0.39 is 0 Å². The van der Waals surface area contributed by atoms with Crippen LogP contribution >= 0.6 is 0 Å². The molecule has 2 saturated heterocycles. The summed E-state index contributed by atoms with van der Waals surface area (Å²) in [5.41, 5.74) is 1.13. The van der Waals surface area contributed by atoms with E-state index in [1.54, 1.807) is 0 Å². The van der Waals surface area contributed by atoms with Gasteiger partial charge in [-0.25, -0.2) is 4.98 Å². The first-order valence-corrected chi connectivity index (χ1v) is 7.83. The maximum atomic E-state index is 4.66. The fourth-order valence-corrected chi connectivity index (χ4v) is 3.68. The SMILES string of the molecule is CCCNc1nc(C)cn1C1CCN2CCCCC12. The quantitative estimate of drug-likeness (QED) is 0.906. The number of aryl methyl sites for hydroxylation is 1. The van der Waals surface area contributed by atoms with Crippen LogP contribution in [0, 0.1) is 6.92 Å². The second-order valence-corrected chi connectivity index (χ2v) is 6.00. The Hall–Kier alpha value is -1.03. The van der Waals surface area contributed by atoms with Crippen LogP contribution in [0.5, 0.6) is 0 Å². The molecule has 2 fully saturated rings. The summed E-state index contributed by atoms with van der Waals surface area (Å²) in [6.45, 7) is 7.87. The highest BCUT2D eigenvalue weighted by Crippen LogP contribution is 2.36. The normalized spacial score (nSPS) is 27.5. The molecule has 4 heteroatoms. The topological polar surface area (TPSA) is 33.1 Å². The second kappa shape index (κ2) is 5.53. The van der Waals surface area contributed by atoms with Gasteiger partial charge in [-0.3, -0.25) is 4.90 Å². The van der Waals surface area contributed by atoms with Gasteiger partial charge in [0.2, 0.25) is 5.95 Å². The molecule has 3 heterocycles. The van der Waals surface area contributed by atoms with Crippen LogP contribution in [-0.2, 0) is 0 Å². The Balaban J connectivity index is 1.81. The Morgan fingerprint density at radius 3 is 3.00 bits per heavy atom. The van der Waals surface area contributed by atoms with Gasteiger partial charge in [-0.2, -0.15) is 0 Å². The Bertz CT molecular complexity index is 426. The predicted molar refractivity (Wildman–Crippen MR) is 78.6 cm³/mol. The largest absolute Gasteiger partial charge is 0.356 e. The van der Waals surface area contributed by atoms with Gasteiger partial charge in [-0.15, -0.1) is 0 Å². The molecule has 3 rings (SSSR count). The van der Waals surface area contributed by atoms with Crippen LogP contribution in [0.1, 0.15) is 50.8 Å². The van der Waals surface area contributed by atoms with Gasteiger partial charge in [0.1, 0.15) is 0 Å². The Labute approximate surface area is 116 Å². The van der Waals surface area contributed by atoms with E-state index in [0.717, 1.165) is 30.6 Å². The molecular weight excluding hydrogens is 236 g/mol. The molecule has 2 unspecified atom stereocenters. The molecule has 1 N–H and O–H groups in total. The van der Waals surface area contributed by atoms with E-state index >= 15 is 0 Å². The minimum Gasteiger partial charge on any atom is -0.356 e. The summed E-state index contributed by atoms with van der Waals surface area (Å²) in [6.07, 6.45) is 8.79. The molecule has 0 aromatic carbocycles. The van der Waals surface area contributed by atoms with E-state index in [9.17, 15) is 0 Å². The van der Waals surface area contributed by atoms with Crippen molar-refractivity contribution in [2.45, 2.75) is 58.0 Å². The molecule has 4 nitrogen and oxygen atoms in total. The van der Waals surface area contributed by atoms with Crippen LogP contribution in [-0.4, -0.2) is 40.1 Å². The molecule has 0 radical (unpaired) electrons. The second-order valence-electron chi connectivity index (χ2n) is 6.00. The lowest BCUT2D eigenvalue weighted by molar-refractivity contribution is 0.174. The van der Waals surface area contributed by atoms with Gasteiger partial charge in [0.15, 0.2) is 0 Å². The fraction of sp³-hybridized carbons (Fsp3) is 0.800. The Kier molecular flexibility index (Phi) is 3.78. The molecule has 0 bridgehead atoms. The summed E-state index contributed by atoms with van der Waals surface area (Å²) < 4.78 is 2.42. The smallest absolute Gasteiger partial charge is 0.203 e. The van der Waals surface area contributed by atoms with Crippen molar-refractivity contribution in [3.63, 3.8) is 0 Å². The summed E-state index contributed by atoms with van der Waals surface area (Å²) in [5.74, 6) is 1.08. The van der Waals surface area contributed by atoms with E-state index in [0.29, 0.717) is 6.04 Å². The Morgan fingerprint density at radius 2 is 2.16 bits per heavy atom. The zero-order valence-corrected chi connectivity index (χ0v) is 12.2. The number of fused-ring (bicyclic) bond motifs is 1. The molecule has 0 amide bonds. The van der Waals surface area contributed by atoms with Gasteiger partial charge in [0, 0.05) is 25.3 Å². The van der Waals surface area contributed by atoms with Crippen LogP contribution in [0.25, 0.3) is 0 Å². The number of anilines is 1. The third-order valence-corrected chi connectivity index (χ3v) is 4.56. The number of imidazole rings is 1. The van der Waals surface area contributed by atoms with Crippen LogP contribution in [0.15, 0.2) is 6.20 Å². The van der Waals surface area contributed by atoms with E-state index in [4.69, 9.17) is 0 Å². The number of rotatable bonds is 4. The molecule has 0 spiro atoms. The standard InChI is InChI=1S/C15H26N4/c1-3-8-16-15-17-12(2)11-19(15)14-7-10-18-9-5-4-6-13(14)18/h11,13-14H,3-10H2,1-2H3,(H,16,17). The van der Waals surface area contributed by atoms with E-state index in [1.165, 1.54) is 38.8 Å². The molecule has 0 saturated carbocycles. The number of hydrogen-bond donors (Lipinski definition) is 1. The Morgan fingerprint density at radius 1 is 1.26 bits per heavy atom. The van der Waals surface area contributed by atoms with Gasteiger partial charge in [-0.05, 0) is 39.2 Å². The van der Waals surface area contributed by atoms with Crippen molar-refractivity contribution in [2.75, 3.05) is 25.0 Å². The van der Waals surface area contributed by atoms with Crippen molar-refractivity contribution in [3.8, 4) is 0 Å². The van der Waals surface area contributed by atoms with E-state index in [1.807, 2.05) is 0 Å². The summed E-state index contributed by atoms with van der Waals surface area (Å²) in [5, 5.41) is 3.49. The molecular formula is C15H26N4. The molecule has 2 aliphatic heterocycles. The monoisotopic (exact) mass is 262 g/mol. The third-order valence-electron chi connectivity index (χ3n) is 4.56. The molecule has 1 aromatic rings. The van der Waals surface area contributed by atoms with Crippen molar-refractivity contribution < 1.29 is 0 Å².